The summed E-state index contributed by atoms with van der Waals surface area (Å²) in [5.74, 6) is 0.806. The van der Waals surface area contributed by atoms with E-state index in [0.29, 0.717) is 25.4 Å². The standard InChI is InChI=1S/C23H23N3O2/c1-2-28-20-10-8-19(9-11-20)21-16-22(25-24-21)23(27)26-14-12-18(13-15-26)17-6-4-3-5-7-17/h3-12,16H,2,13-15H2,1H3,(H,24,25). The van der Waals surface area contributed by atoms with Crippen molar-refractivity contribution in [3.8, 4) is 17.0 Å². The molecule has 0 saturated heterocycles. The van der Waals surface area contributed by atoms with Crippen LogP contribution in [0.3, 0.4) is 0 Å². The van der Waals surface area contributed by atoms with Crippen molar-refractivity contribution in [2.45, 2.75) is 13.3 Å². The summed E-state index contributed by atoms with van der Waals surface area (Å²) in [6.07, 6.45) is 3.00. The lowest BCUT2D eigenvalue weighted by atomic mass is 9.99. The fourth-order valence-corrected chi connectivity index (χ4v) is 3.41. The Hall–Kier alpha value is -3.34. The average molecular weight is 373 g/mol. The highest BCUT2D eigenvalue weighted by Crippen LogP contribution is 2.24. The molecule has 1 amide bonds. The van der Waals surface area contributed by atoms with Gasteiger partial charge in [0.2, 0.25) is 0 Å². The largest absolute Gasteiger partial charge is 0.494 e. The topological polar surface area (TPSA) is 58.2 Å². The van der Waals surface area contributed by atoms with Gasteiger partial charge in [-0.25, -0.2) is 0 Å². The molecule has 5 heteroatoms. The van der Waals surface area contributed by atoms with Gasteiger partial charge in [0.25, 0.3) is 5.91 Å². The van der Waals surface area contributed by atoms with Crippen LogP contribution in [0.15, 0.2) is 66.7 Å². The molecule has 0 spiro atoms. The van der Waals surface area contributed by atoms with Crippen molar-refractivity contribution in [2.24, 2.45) is 0 Å². The molecule has 3 aromatic rings. The Balaban J connectivity index is 1.44. The predicted molar refractivity (Wildman–Crippen MR) is 110 cm³/mol. The van der Waals surface area contributed by atoms with Crippen LogP contribution in [0.5, 0.6) is 5.75 Å². The predicted octanol–water partition coefficient (Wildman–Crippen LogP) is 4.40. The molecular weight excluding hydrogens is 350 g/mol. The van der Waals surface area contributed by atoms with E-state index in [1.807, 2.05) is 60.4 Å². The molecule has 4 rings (SSSR count). The first kappa shape index (κ1) is 18.0. The Bertz CT molecular complexity index is 975. The number of hydrogen-bond donors (Lipinski definition) is 1. The average Bonchev–Trinajstić information content (AvgIpc) is 3.25. The first-order valence-corrected chi connectivity index (χ1v) is 9.57. The molecule has 0 fully saturated rings. The number of ether oxygens (including phenoxy) is 1. The molecule has 1 aliphatic rings. The smallest absolute Gasteiger partial charge is 0.272 e. The third-order valence-electron chi connectivity index (χ3n) is 4.91. The van der Waals surface area contributed by atoms with Crippen LogP contribution in [0, 0.1) is 0 Å². The molecule has 2 heterocycles. The second-order valence-electron chi connectivity index (χ2n) is 6.72. The van der Waals surface area contributed by atoms with Crippen LogP contribution in [0.2, 0.25) is 0 Å². The molecule has 1 N–H and O–H groups in total. The number of H-pyrrole nitrogens is 1. The Morgan fingerprint density at radius 2 is 1.89 bits per heavy atom. The van der Waals surface area contributed by atoms with Crippen molar-refractivity contribution in [1.29, 1.82) is 0 Å². The molecule has 0 aliphatic carbocycles. The van der Waals surface area contributed by atoms with Crippen LogP contribution in [-0.4, -0.2) is 40.7 Å². The maximum absolute atomic E-state index is 12.8. The van der Waals surface area contributed by atoms with Gasteiger partial charge in [0.15, 0.2) is 0 Å². The van der Waals surface area contributed by atoms with Crippen LogP contribution < -0.4 is 4.74 Å². The highest BCUT2D eigenvalue weighted by Gasteiger charge is 2.21. The van der Waals surface area contributed by atoms with Crippen LogP contribution in [0.1, 0.15) is 29.4 Å². The molecule has 0 atom stereocenters. The van der Waals surface area contributed by atoms with Gasteiger partial charge in [-0.2, -0.15) is 5.10 Å². The summed E-state index contributed by atoms with van der Waals surface area (Å²) in [7, 11) is 0. The number of benzene rings is 2. The second-order valence-corrected chi connectivity index (χ2v) is 6.72. The lowest BCUT2D eigenvalue weighted by Crippen LogP contribution is -2.34. The molecule has 1 aliphatic heterocycles. The van der Waals surface area contributed by atoms with Gasteiger partial charge in [0.05, 0.1) is 12.3 Å². The number of amides is 1. The highest BCUT2D eigenvalue weighted by atomic mass is 16.5. The van der Waals surface area contributed by atoms with Gasteiger partial charge in [-0.05, 0) is 54.8 Å². The number of nitrogens with zero attached hydrogens (tertiary/aromatic N) is 2. The van der Waals surface area contributed by atoms with E-state index in [0.717, 1.165) is 23.4 Å². The molecule has 2 aromatic carbocycles. The number of aromatic nitrogens is 2. The maximum atomic E-state index is 12.8. The summed E-state index contributed by atoms with van der Waals surface area (Å²) >= 11 is 0. The van der Waals surface area contributed by atoms with E-state index in [9.17, 15) is 4.79 Å². The number of nitrogens with one attached hydrogen (secondary N) is 1. The van der Waals surface area contributed by atoms with Crippen LogP contribution in [0.25, 0.3) is 16.8 Å². The molecule has 0 saturated carbocycles. The van der Waals surface area contributed by atoms with E-state index in [2.05, 4.69) is 28.4 Å². The van der Waals surface area contributed by atoms with E-state index in [1.165, 1.54) is 11.1 Å². The summed E-state index contributed by atoms with van der Waals surface area (Å²) in [6.45, 7) is 3.91. The SMILES string of the molecule is CCOc1ccc(-c2cc(C(=O)N3CC=C(c4ccccc4)CC3)[nH]n2)cc1. The van der Waals surface area contributed by atoms with Crippen LogP contribution >= 0.6 is 0 Å². The lowest BCUT2D eigenvalue weighted by molar-refractivity contribution is 0.0767. The molecule has 5 nitrogen and oxygen atoms in total. The molecule has 0 bridgehead atoms. The lowest BCUT2D eigenvalue weighted by Gasteiger charge is -2.26. The van der Waals surface area contributed by atoms with E-state index in [1.54, 1.807) is 0 Å². The quantitative estimate of drug-likeness (QED) is 0.721. The molecule has 28 heavy (non-hydrogen) atoms. The Morgan fingerprint density at radius 3 is 2.57 bits per heavy atom. The second kappa shape index (κ2) is 8.13. The normalized spacial score (nSPS) is 13.9. The van der Waals surface area contributed by atoms with Crippen LogP contribution in [-0.2, 0) is 0 Å². The molecule has 0 unspecified atom stereocenters. The number of carbonyl (C=O) groups is 1. The summed E-state index contributed by atoms with van der Waals surface area (Å²) < 4.78 is 5.47. The number of rotatable bonds is 5. The van der Waals surface area contributed by atoms with Crippen molar-refractivity contribution in [2.75, 3.05) is 19.7 Å². The van der Waals surface area contributed by atoms with Crippen molar-refractivity contribution in [1.82, 2.24) is 15.1 Å². The molecule has 1 aromatic heterocycles. The van der Waals surface area contributed by atoms with Gasteiger partial charge in [0, 0.05) is 18.7 Å². The first-order valence-electron chi connectivity index (χ1n) is 9.57. The minimum Gasteiger partial charge on any atom is -0.494 e. The highest BCUT2D eigenvalue weighted by molar-refractivity contribution is 5.94. The van der Waals surface area contributed by atoms with Gasteiger partial charge >= 0.3 is 0 Å². The Labute approximate surface area is 164 Å². The zero-order valence-electron chi connectivity index (χ0n) is 15.9. The zero-order valence-corrected chi connectivity index (χ0v) is 15.9. The zero-order chi connectivity index (χ0) is 19.3. The van der Waals surface area contributed by atoms with Gasteiger partial charge in [-0.1, -0.05) is 36.4 Å². The van der Waals surface area contributed by atoms with Crippen molar-refractivity contribution < 1.29 is 9.53 Å². The Kier molecular flexibility index (Phi) is 5.24. The fourth-order valence-electron chi connectivity index (χ4n) is 3.41. The minimum absolute atomic E-state index is 0.0203. The summed E-state index contributed by atoms with van der Waals surface area (Å²) in [4.78, 5) is 14.7. The third-order valence-corrected chi connectivity index (χ3v) is 4.91. The van der Waals surface area contributed by atoms with Crippen molar-refractivity contribution >= 4 is 11.5 Å². The third kappa shape index (κ3) is 3.83. The molecule has 0 radical (unpaired) electrons. The minimum atomic E-state index is -0.0203. The van der Waals surface area contributed by atoms with Crippen molar-refractivity contribution in [3.05, 3.63) is 78.0 Å². The van der Waals surface area contributed by atoms with Gasteiger partial charge in [-0.15, -0.1) is 0 Å². The monoisotopic (exact) mass is 373 g/mol. The molecular formula is C23H23N3O2. The van der Waals surface area contributed by atoms with E-state index < -0.39 is 0 Å². The number of carbonyl (C=O) groups excluding carboxylic acids is 1. The van der Waals surface area contributed by atoms with Gasteiger partial charge < -0.3 is 9.64 Å². The van der Waals surface area contributed by atoms with Crippen molar-refractivity contribution in [3.63, 3.8) is 0 Å². The Morgan fingerprint density at radius 1 is 1.11 bits per heavy atom. The van der Waals surface area contributed by atoms with E-state index >= 15 is 0 Å². The first-order chi connectivity index (χ1) is 13.7. The summed E-state index contributed by atoms with van der Waals surface area (Å²) in [5, 5.41) is 7.20. The molecule has 142 valence electrons. The van der Waals surface area contributed by atoms with E-state index in [4.69, 9.17) is 4.74 Å². The summed E-state index contributed by atoms with van der Waals surface area (Å²) in [6, 6.07) is 19.9. The van der Waals surface area contributed by atoms with Gasteiger partial charge in [-0.3, -0.25) is 9.89 Å². The van der Waals surface area contributed by atoms with Gasteiger partial charge in [0.1, 0.15) is 11.4 Å². The van der Waals surface area contributed by atoms with E-state index in [-0.39, 0.29) is 5.91 Å². The summed E-state index contributed by atoms with van der Waals surface area (Å²) in [5.41, 5.74) is 4.74. The number of hydrogen-bond acceptors (Lipinski definition) is 3. The van der Waals surface area contributed by atoms with Crippen LogP contribution in [0.4, 0.5) is 0 Å². The fraction of sp³-hybridized carbons (Fsp3) is 0.217. The maximum Gasteiger partial charge on any atom is 0.272 e. The number of aromatic amines is 1.